The molecule has 7 nitrogen and oxygen atoms in total. The van der Waals surface area contributed by atoms with Crippen LogP contribution in [-0.4, -0.2) is 22.0 Å². The van der Waals surface area contributed by atoms with E-state index in [1.807, 2.05) is 13.8 Å². The number of thiophene rings is 1. The van der Waals surface area contributed by atoms with Crippen molar-refractivity contribution in [2.45, 2.75) is 26.8 Å². The van der Waals surface area contributed by atoms with Gasteiger partial charge in [0.2, 0.25) is 11.8 Å². The third-order valence-corrected chi connectivity index (χ3v) is 3.80. The number of aryl methyl sites for hydroxylation is 1. The summed E-state index contributed by atoms with van der Waals surface area (Å²) in [6.45, 7) is 5.59. The molecule has 0 saturated heterocycles. The lowest BCUT2D eigenvalue weighted by Gasteiger charge is -2.17. The fourth-order valence-corrected chi connectivity index (χ4v) is 2.55. The predicted molar refractivity (Wildman–Crippen MR) is 76.9 cm³/mol. The fourth-order valence-electron chi connectivity index (χ4n) is 1.75. The quantitative estimate of drug-likeness (QED) is 0.872. The Morgan fingerprint density at radius 1 is 1.43 bits per heavy atom. The third-order valence-electron chi connectivity index (χ3n) is 2.87. The maximum atomic E-state index is 12.2. The summed E-state index contributed by atoms with van der Waals surface area (Å²) in [5.41, 5.74) is 5.49. The molecule has 2 amide bonds. The Morgan fingerprint density at radius 2 is 2.14 bits per heavy atom. The topological polar surface area (TPSA) is 111 Å². The molecule has 3 N–H and O–H groups in total. The number of carbonyl (C=O) groups is 2. The average molecular weight is 308 g/mol. The van der Waals surface area contributed by atoms with Crippen molar-refractivity contribution in [3.05, 3.63) is 33.6 Å². The smallest absolute Gasteiger partial charge is 0.262 e. The summed E-state index contributed by atoms with van der Waals surface area (Å²) in [6, 6.07) is 1.08. The summed E-state index contributed by atoms with van der Waals surface area (Å²) in [6.07, 6.45) is 0. The highest BCUT2D eigenvalue weighted by Gasteiger charge is 2.25. The SMILES string of the molecule is Cc1noc([C@@H](NC(=O)c2cc(C(N)=O)cs2)C(C)C)n1. The third kappa shape index (κ3) is 3.46. The lowest BCUT2D eigenvalue weighted by atomic mass is 10.0. The van der Waals surface area contributed by atoms with Crippen LogP contribution < -0.4 is 11.1 Å². The second-order valence-electron chi connectivity index (χ2n) is 4.94. The van der Waals surface area contributed by atoms with Crippen LogP contribution in [0.5, 0.6) is 0 Å². The Bertz CT molecular complexity index is 662. The Hall–Kier alpha value is -2.22. The van der Waals surface area contributed by atoms with Crippen LogP contribution in [0.3, 0.4) is 0 Å². The van der Waals surface area contributed by atoms with Gasteiger partial charge in [0.25, 0.3) is 5.91 Å². The lowest BCUT2D eigenvalue weighted by Crippen LogP contribution is -2.31. The van der Waals surface area contributed by atoms with Crippen molar-refractivity contribution in [3.63, 3.8) is 0 Å². The number of amides is 2. The highest BCUT2D eigenvalue weighted by atomic mass is 32.1. The molecule has 2 heterocycles. The van der Waals surface area contributed by atoms with Gasteiger partial charge in [0, 0.05) is 5.38 Å². The van der Waals surface area contributed by atoms with E-state index in [0.29, 0.717) is 22.2 Å². The summed E-state index contributed by atoms with van der Waals surface area (Å²) < 4.78 is 5.12. The van der Waals surface area contributed by atoms with Crippen LogP contribution >= 0.6 is 11.3 Å². The van der Waals surface area contributed by atoms with Gasteiger partial charge in [-0.1, -0.05) is 19.0 Å². The first kappa shape index (κ1) is 15.2. The molecule has 0 saturated carbocycles. The summed E-state index contributed by atoms with van der Waals surface area (Å²) in [5.74, 6) is 0.0872. The maximum absolute atomic E-state index is 12.2. The predicted octanol–water partition coefficient (Wildman–Crippen LogP) is 1.67. The van der Waals surface area contributed by atoms with Crippen LogP contribution in [0.1, 0.15) is 51.6 Å². The first-order chi connectivity index (χ1) is 9.88. The summed E-state index contributed by atoms with van der Waals surface area (Å²) in [5, 5.41) is 8.12. The molecule has 0 fully saturated rings. The van der Waals surface area contributed by atoms with Gasteiger partial charge in [-0.05, 0) is 18.9 Å². The molecule has 112 valence electrons. The van der Waals surface area contributed by atoms with Gasteiger partial charge in [0.15, 0.2) is 5.82 Å². The summed E-state index contributed by atoms with van der Waals surface area (Å²) >= 11 is 1.16. The van der Waals surface area contributed by atoms with E-state index in [0.717, 1.165) is 11.3 Å². The number of hydrogen-bond donors (Lipinski definition) is 2. The number of nitrogens with two attached hydrogens (primary N) is 1. The van der Waals surface area contributed by atoms with Crippen molar-refractivity contribution in [1.82, 2.24) is 15.5 Å². The van der Waals surface area contributed by atoms with E-state index < -0.39 is 11.9 Å². The van der Waals surface area contributed by atoms with Crippen molar-refractivity contribution in [2.75, 3.05) is 0 Å². The van der Waals surface area contributed by atoms with Crippen LogP contribution in [-0.2, 0) is 0 Å². The molecule has 0 aliphatic carbocycles. The fraction of sp³-hybridized carbons (Fsp3) is 0.385. The molecule has 0 aliphatic rings. The number of aromatic nitrogens is 2. The number of hydrogen-bond acceptors (Lipinski definition) is 6. The zero-order chi connectivity index (χ0) is 15.6. The van der Waals surface area contributed by atoms with Crippen LogP contribution in [0.15, 0.2) is 16.0 Å². The van der Waals surface area contributed by atoms with Gasteiger partial charge in [0.05, 0.1) is 10.4 Å². The number of primary amides is 1. The van der Waals surface area contributed by atoms with Gasteiger partial charge in [-0.2, -0.15) is 4.98 Å². The molecule has 0 unspecified atom stereocenters. The van der Waals surface area contributed by atoms with Crippen LogP contribution in [0.25, 0.3) is 0 Å². The Labute approximate surface area is 125 Å². The maximum Gasteiger partial charge on any atom is 0.262 e. The largest absolute Gasteiger partial charge is 0.366 e. The van der Waals surface area contributed by atoms with E-state index in [1.54, 1.807) is 12.3 Å². The molecule has 0 aliphatic heterocycles. The van der Waals surface area contributed by atoms with E-state index in [-0.39, 0.29) is 11.8 Å². The van der Waals surface area contributed by atoms with Crippen LogP contribution in [0, 0.1) is 12.8 Å². The second-order valence-corrected chi connectivity index (χ2v) is 5.85. The number of rotatable bonds is 5. The van der Waals surface area contributed by atoms with Crippen LogP contribution in [0.2, 0.25) is 0 Å². The molecular weight excluding hydrogens is 292 g/mol. The van der Waals surface area contributed by atoms with Crippen molar-refractivity contribution in [3.8, 4) is 0 Å². The Morgan fingerprint density at radius 3 is 2.62 bits per heavy atom. The van der Waals surface area contributed by atoms with Gasteiger partial charge in [0.1, 0.15) is 6.04 Å². The number of nitrogens with zero attached hydrogens (tertiary/aromatic N) is 2. The zero-order valence-corrected chi connectivity index (χ0v) is 12.7. The average Bonchev–Trinajstić information content (AvgIpc) is 3.04. The van der Waals surface area contributed by atoms with Crippen molar-refractivity contribution in [2.24, 2.45) is 11.7 Å². The van der Waals surface area contributed by atoms with E-state index >= 15 is 0 Å². The van der Waals surface area contributed by atoms with Gasteiger partial charge >= 0.3 is 0 Å². The molecule has 0 radical (unpaired) electrons. The molecule has 1 atom stereocenters. The molecule has 0 aromatic carbocycles. The molecule has 2 aromatic heterocycles. The normalized spacial score (nSPS) is 12.4. The number of nitrogens with one attached hydrogen (secondary N) is 1. The second kappa shape index (κ2) is 6.04. The minimum atomic E-state index is -0.557. The molecule has 8 heteroatoms. The van der Waals surface area contributed by atoms with Gasteiger partial charge in [-0.3, -0.25) is 9.59 Å². The summed E-state index contributed by atoms with van der Waals surface area (Å²) in [4.78, 5) is 27.8. The lowest BCUT2D eigenvalue weighted by molar-refractivity contribution is 0.0918. The first-order valence-corrected chi connectivity index (χ1v) is 7.26. The van der Waals surface area contributed by atoms with Gasteiger partial charge < -0.3 is 15.6 Å². The highest BCUT2D eigenvalue weighted by molar-refractivity contribution is 7.12. The monoisotopic (exact) mass is 308 g/mol. The van der Waals surface area contributed by atoms with Gasteiger partial charge in [-0.25, -0.2) is 0 Å². The number of carbonyl (C=O) groups excluding carboxylic acids is 2. The van der Waals surface area contributed by atoms with Crippen molar-refractivity contribution < 1.29 is 14.1 Å². The van der Waals surface area contributed by atoms with Crippen molar-refractivity contribution in [1.29, 1.82) is 0 Å². The van der Waals surface area contributed by atoms with E-state index in [2.05, 4.69) is 15.5 Å². The first-order valence-electron chi connectivity index (χ1n) is 6.38. The zero-order valence-electron chi connectivity index (χ0n) is 11.9. The molecule has 0 bridgehead atoms. The minimum Gasteiger partial charge on any atom is -0.366 e. The molecule has 2 aromatic rings. The standard InChI is InChI=1S/C13H16N4O3S/c1-6(2)10(13-15-7(3)17-20-13)16-12(19)9-4-8(5-21-9)11(14)18/h4-6,10H,1-3H3,(H2,14,18)(H,16,19)/t10-/m0/s1. The van der Waals surface area contributed by atoms with E-state index in [9.17, 15) is 9.59 Å². The molecular formula is C13H16N4O3S. The minimum absolute atomic E-state index is 0.0735. The van der Waals surface area contributed by atoms with Crippen LogP contribution in [0.4, 0.5) is 0 Å². The Balaban J connectivity index is 2.16. The molecule has 2 rings (SSSR count). The van der Waals surface area contributed by atoms with E-state index in [4.69, 9.17) is 10.3 Å². The highest BCUT2D eigenvalue weighted by Crippen LogP contribution is 2.22. The molecule has 0 spiro atoms. The molecule has 21 heavy (non-hydrogen) atoms. The summed E-state index contributed by atoms with van der Waals surface area (Å²) in [7, 11) is 0. The van der Waals surface area contributed by atoms with E-state index in [1.165, 1.54) is 6.07 Å². The van der Waals surface area contributed by atoms with Gasteiger partial charge in [-0.15, -0.1) is 11.3 Å². The Kier molecular flexibility index (Phi) is 4.37. The van der Waals surface area contributed by atoms with Crippen molar-refractivity contribution >= 4 is 23.2 Å².